The summed E-state index contributed by atoms with van der Waals surface area (Å²) in [6.07, 6.45) is 5.10. The number of rotatable bonds is 1. The minimum absolute atomic E-state index is 0.285. The van der Waals surface area contributed by atoms with Crippen LogP contribution in [-0.2, 0) is 0 Å². The van der Waals surface area contributed by atoms with E-state index in [9.17, 15) is 0 Å². The SMILES string of the molecule is Nc1ncc(-c2ccc3occc3c2)cn1. The molecule has 0 radical (unpaired) electrons. The molecule has 4 heteroatoms. The Morgan fingerprint density at radius 1 is 1.00 bits per heavy atom. The van der Waals surface area contributed by atoms with Gasteiger partial charge in [0, 0.05) is 23.3 Å². The predicted octanol–water partition coefficient (Wildman–Crippen LogP) is 2.47. The zero-order valence-electron chi connectivity index (χ0n) is 8.42. The van der Waals surface area contributed by atoms with Crippen LogP contribution in [0, 0.1) is 0 Å². The van der Waals surface area contributed by atoms with E-state index in [4.69, 9.17) is 10.2 Å². The number of nitrogen functional groups attached to an aromatic ring is 1. The van der Waals surface area contributed by atoms with E-state index >= 15 is 0 Å². The number of nitrogens with zero attached hydrogens (tertiary/aromatic N) is 2. The highest BCUT2D eigenvalue weighted by molar-refractivity contribution is 5.83. The molecule has 16 heavy (non-hydrogen) atoms. The molecule has 1 aromatic carbocycles. The summed E-state index contributed by atoms with van der Waals surface area (Å²) in [6.45, 7) is 0. The lowest BCUT2D eigenvalue weighted by molar-refractivity contribution is 0.616. The van der Waals surface area contributed by atoms with Gasteiger partial charge in [-0.25, -0.2) is 9.97 Å². The number of furan rings is 1. The second-order valence-electron chi connectivity index (χ2n) is 3.50. The van der Waals surface area contributed by atoms with Crippen molar-refractivity contribution in [2.45, 2.75) is 0 Å². The lowest BCUT2D eigenvalue weighted by atomic mass is 10.1. The number of nitrogens with two attached hydrogens (primary N) is 1. The van der Waals surface area contributed by atoms with Crippen LogP contribution >= 0.6 is 0 Å². The molecule has 0 amide bonds. The lowest BCUT2D eigenvalue weighted by Crippen LogP contribution is -1.93. The number of fused-ring (bicyclic) bond motifs is 1. The van der Waals surface area contributed by atoms with E-state index in [1.165, 1.54) is 0 Å². The first kappa shape index (κ1) is 8.91. The third kappa shape index (κ3) is 1.40. The number of anilines is 1. The maximum atomic E-state index is 5.44. The van der Waals surface area contributed by atoms with Gasteiger partial charge in [0.05, 0.1) is 6.26 Å². The number of hydrogen-bond acceptors (Lipinski definition) is 4. The minimum Gasteiger partial charge on any atom is -0.464 e. The molecule has 78 valence electrons. The second kappa shape index (κ2) is 3.34. The van der Waals surface area contributed by atoms with Crippen LogP contribution in [0.5, 0.6) is 0 Å². The van der Waals surface area contributed by atoms with Crippen LogP contribution in [0.15, 0.2) is 47.3 Å². The van der Waals surface area contributed by atoms with Crippen molar-refractivity contribution in [1.82, 2.24) is 9.97 Å². The Kier molecular flexibility index (Phi) is 1.86. The van der Waals surface area contributed by atoms with Crippen molar-refractivity contribution in [2.75, 3.05) is 5.73 Å². The molecule has 0 atom stereocenters. The normalized spacial score (nSPS) is 10.8. The molecule has 0 unspecified atom stereocenters. The molecule has 2 aromatic heterocycles. The Hall–Kier alpha value is -2.36. The average Bonchev–Trinajstić information content (AvgIpc) is 2.77. The summed E-state index contributed by atoms with van der Waals surface area (Å²) in [7, 11) is 0. The van der Waals surface area contributed by atoms with Gasteiger partial charge in [0.25, 0.3) is 0 Å². The highest BCUT2D eigenvalue weighted by Gasteiger charge is 2.02. The molecule has 0 bridgehead atoms. The largest absolute Gasteiger partial charge is 0.464 e. The van der Waals surface area contributed by atoms with Gasteiger partial charge in [-0.15, -0.1) is 0 Å². The molecule has 0 aliphatic heterocycles. The predicted molar refractivity (Wildman–Crippen MR) is 61.7 cm³/mol. The second-order valence-corrected chi connectivity index (χ2v) is 3.50. The Morgan fingerprint density at radius 2 is 1.81 bits per heavy atom. The molecule has 0 fully saturated rings. The number of hydrogen-bond donors (Lipinski definition) is 1. The first-order chi connectivity index (χ1) is 7.83. The van der Waals surface area contributed by atoms with E-state index in [1.54, 1.807) is 18.7 Å². The zero-order chi connectivity index (χ0) is 11.0. The zero-order valence-corrected chi connectivity index (χ0v) is 8.42. The van der Waals surface area contributed by atoms with Crippen LogP contribution in [-0.4, -0.2) is 9.97 Å². The summed E-state index contributed by atoms with van der Waals surface area (Å²) in [6, 6.07) is 7.87. The smallest absolute Gasteiger partial charge is 0.219 e. The van der Waals surface area contributed by atoms with Gasteiger partial charge in [0.15, 0.2) is 0 Å². The Labute approximate surface area is 91.7 Å². The first-order valence-corrected chi connectivity index (χ1v) is 4.88. The van der Waals surface area contributed by atoms with Crippen LogP contribution in [0.2, 0.25) is 0 Å². The first-order valence-electron chi connectivity index (χ1n) is 4.88. The summed E-state index contributed by atoms with van der Waals surface area (Å²) < 4.78 is 5.28. The van der Waals surface area contributed by atoms with Crippen molar-refractivity contribution in [1.29, 1.82) is 0 Å². The molecule has 2 heterocycles. The molecule has 4 nitrogen and oxygen atoms in total. The van der Waals surface area contributed by atoms with Gasteiger partial charge in [-0.1, -0.05) is 6.07 Å². The third-order valence-corrected chi connectivity index (χ3v) is 2.46. The molecule has 0 spiro atoms. The number of benzene rings is 1. The van der Waals surface area contributed by atoms with Gasteiger partial charge in [0.2, 0.25) is 5.95 Å². The van der Waals surface area contributed by atoms with Gasteiger partial charge in [-0.2, -0.15) is 0 Å². The summed E-state index contributed by atoms with van der Waals surface area (Å²) in [5.74, 6) is 0.285. The molecule has 0 saturated heterocycles. The highest BCUT2D eigenvalue weighted by Crippen LogP contribution is 2.24. The fraction of sp³-hybridized carbons (Fsp3) is 0. The van der Waals surface area contributed by atoms with Crippen molar-refractivity contribution < 1.29 is 4.42 Å². The van der Waals surface area contributed by atoms with E-state index in [-0.39, 0.29) is 5.95 Å². The van der Waals surface area contributed by atoms with Crippen molar-refractivity contribution in [3.63, 3.8) is 0 Å². The van der Waals surface area contributed by atoms with Crippen LogP contribution < -0.4 is 5.73 Å². The van der Waals surface area contributed by atoms with Crippen LogP contribution in [0.1, 0.15) is 0 Å². The maximum absolute atomic E-state index is 5.44. The van der Waals surface area contributed by atoms with Crippen molar-refractivity contribution in [3.05, 3.63) is 42.9 Å². The molecular formula is C12H9N3O. The fourth-order valence-corrected chi connectivity index (χ4v) is 1.63. The van der Waals surface area contributed by atoms with E-state index in [0.29, 0.717) is 0 Å². The van der Waals surface area contributed by atoms with E-state index in [1.807, 2.05) is 24.3 Å². The van der Waals surface area contributed by atoms with E-state index < -0.39 is 0 Å². The van der Waals surface area contributed by atoms with Gasteiger partial charge >= 0.3 is 0 Å². The van der Waals surface area contributed by atoms with Gasteiger partial charge < -0.3 is 10.2 Å². The summed E-state index contributed by atoms with van der Waals surface area (Å²) in [5.41, 5.74) is 8.31. The van der Waals surface area contributed by atoms with Crippen LogP contribution in [0.25, 0.3) is 22.1 Å². The molecule has 0 saturated carbocycles. The minimum atomic E-state index is 0.285. The van der Waals surface area contributed by atoms with E-state index in [2.05, 4.69) is 9.97 Å². The Bertz CT molecular complexity index is 628. The summed E-state index contributed by atoms with van der Waals surface area (Å²) in [4.78, 5) is 7.93. The molecule has 2 N–H and O–H groups in total. The molecular weight excluding hydrogens is 202 g/mol. The van der Waals surface area contributed by atoms with E-state index in [0.717, 1.165) is 22.1 Å². The summed E-state index contributed by atoms with van der Waals surface area (Å²) in [5, 5.41) is 1.06. The maximum Gasteiger partial charge on any atom is 0.219 e. The quantitative estimate of drug-likeness (QED) is 0.671. The summed E-state index contributed by atoms with van der Waals surface area (Å²) >= 11 is 0. The van der Waals surface area contributed by atoms with Gasteiger partial charge in [-0.3, -0.25) is 0 Å². The third-order valence-electron chi connectivity index (χ3n) is 2.46. The lowest BCUT2D eigenvalue weighted by Gasteiger charge is -2.00. The van der Waals surface area contributed by atoms with Crippen LogP contribution in [0.3, 0.4) is 0 Å². The topological polar surface area (TPSA) is 64.9 Å². The Balaban J connectivity index is 2.14. The monoisotopic (exact) mass is 211 g/mol. The van der Waals surface area contributed by atoms with Gasteiger partial charge in [0.1, 0.15) is 5.58 Å². The molecule has 0 aliphatic carbocycles. The van der Waals surface area contributed by atoms with Crippen molar-refractivity contribution in [3.8, 4) is 11.1 Å². The Morgan fingerprint density at radius 3 is 2.62 bits per heavy atom. The van der Waals surface area contributed by atoms with Crippen molar-refractivity contribution in [2.24, 2.45) is 0 Å². The molecule has 3 rings (SSSR count). The molecule has 3 aromatic rings. The standard InChI is InChI=1S/C12H9N3O/c13-12-14-6-10(7-15-12)8-1-2-11-9(5-8)3-4-16-11/h1-7H,(H2,13,14,15). The fourth-order valence-electron chi connectivity index (χ4n) is 1.63. The van der Waals surface area contributed by atoms with Crippen LogP contribution in [0.4, 0.5) is 5.95 Å². The molecule has 0 aliphatic rings. The number of aromatic nitrogens is 2. The van der Waals surface area contributed by atoms with Crippen molar-refractivity contribution >= 4 is 16.9 Å². The highest BCUT2D eigenvalue weighted by atomic mass is 16.3. The van der Waals surface area contributed by atoms with Gasteiger partial charge in [-0.05, 0) is 23.8 Å². The average molecular weight is 211 g/mol.